The van der Waals surface area contributed by atoms with Crippen LogP contribution in [-0.2, 0) is 11.3 Å². The van der Waals surface area contributed by atoms with E-state index in [-0.39, 0.29) is 18.4 Å². The Labute approximate surface area is 128 Å². The monoisotopic (exact) mass is 299 g/mol. The lowest BCUT2D eigenvalue weighted by Crippen LogP contribution is -2.36. The highest BCUT2D eigenvalue weighted by atomic mass is 16.5. The van der Waals surface area contributed by atoms with Crippen molar-refractivity contribution in [2.45, 2.75) is 6.54 Å². The van der Waals surface area contributed by atoms with Gasteiger partial charge in [0.1, 0.15) is 5.75 Å². The lowest BCUT2D eigenvalue weighted by molar-refractivity contribution is -0.120. The van der Waals surface area contributed by atoms with Crippen LogP contribution in [0.25, 0.3) is 0 Å². The van der Waals surface area contributed by atoms with E-state index in [2.05, 4.69) is 15.6 Å². The Balaban J connectivity index is 1.80. The van der Waals surface area contributed by atoms with Gasteiger partial charge in [0.25, 0.3) is 5.91 Å². The molecule has 114 valence electrons. The average Bonchev–Trinajstić information content (AvgIpc) is 2.58. The zero-order valence-corrected chi connectivity index (χ0v) is 12.2. The molecule has 0 atom stereocenters. The van der Waals surface area contributed by atoms with Crippen LogP contribution >= 0.6 is 0 Å². The molecule has 0 spiro atoms. The normalized spacial score (nSPS) is 9.86. The Morgan fingerprint density at radius 2 is 1.95 bits per heavy atom. The third-order valence-electron chi connectivity index (χ3n) is 3.00. The van der Waals surface area contributed by atoms with E-state index in [1.807, 2.05) is 24.3 Å². The van der Waals surface area contributed by atoms with E-state index in [1.165, 1.54) is 6.20 Å². The molecule has 2 aromatic rings. The SMILES string of the molecule is COc1ccccc1CNC(=O)CNC(=O)c1cccnc1. The maximum absolute atomic E-state index is 11.8. The first-order valence-electron chi connectivity index (χ1n) is 6.77. The van der Waals surface area contributed by atoms with Gasteiger partial charge in [-0.1, -0.05) is 18.2 Å². The topological polar surface area (TPSA) is 80.3 Å². The Kier molecular flexibility index (Phi) is 5.48. The molecule has 6 heteroatoms. The standard InChI is InChI=1S/C16H17N3O3/c1-22-14-7-3-2-5-12(14)10-18-15(20)11-19-16(21)13-6-4-8-17-9-13/h2-9H,10-11H2,1H3,(H,18,20)(H,19,21). The summed E-state index contributed by atoms with van der Waals surface area (Å²) in [5.41, 5.74) is 1.29. The number of aromatic nitrogens is 1. The smallest absolute Gasteiger partial charge is 0.253 e. The summed E-state index contributed by atoms with van der Waals surface area (Å²) >= 11 is 0. The summed E-state index contributed by atoms with van der Waals surface area (Å²) in [5.74, 6) is 0.103. The molecular formula is C16H17N3O3. The summed E-state index contributed by atoms with van der Waals surface area (Å²) in [6.07, 6.45) is 3.03. The number of para-hydroxylation sites is 1. The van der Waals surface area contributed by atoms with Crippen molar-refractivity contribution in [3.63, 3.8) is 0 Å². The Morgan fingerprint density at radius 3 is 2.68 bits per heavy atom. The van der Waals surface area contributed by atoms with Crippen LogP contribution in [-0.4, -0.2) is 30.5 Å². The predicted octanol–water partition coefficient (Wildman–Crippen LogP) is 1.14. The molecule has 0 radical (unpaired) electrons. The third-order valence-corrected chi connectivity index (χ3v) is 3.00. The maximum atomic E-state index is 11.8. The van der Waals surface area contributed by atoms with Gasteiger partial charge >= 0.3 is 0 Å². The summed E-state index contributed by atoms with van der Waals surface area (Å²) < 4.78 is 5.21. The van der Waals surface area contributed by atoms with E-state index in [0.29, 0.717) is 17.9 Å². The average molecular weight is 299 g/mol. The van der Waals surface area contributed by atoms with Crippen LogP contribution in [0.1, 0.15) is 15.9 Å². The summed E-state index contributed by atoms with van der Waals surface area (Å²) in [6.45, 7) is 0.245. The van der Waals surface area contributed by atoms with Gasteiger partial charge in [-0.05, 0) is 18.2 Å². The molecule has 2 amide bonds. The number of nitrogens with one attached hydrogen (secondary N) is 2. The van der Waals surface area contributed by atoms with Gasteiger partial charge < -0.3 is 15.4 Å². The minimum absolute atomic E-state index is 0.0944. The largest absolute Gasteiger partial charge is 0.496 e. The van der Waals surface area contributed by atoms with Crippen molar-refractivity contribution in [2.75, 3.05) is 13.7 Å². The summed E-state index contributed by atoms with van der Waals surface area (Å²) in [4.78, 5) is 27.4. The quantitative estimate of drug-likeness (QED) is 0.838. The Hall–Kier alpha value is -2.89. The van der Waals surface area contributed by atoms with Crippen molar-refractivity contribution in [3.8, 4) is 5.75 Å². The summed E-state index contributed by atoms with van der Waals surface area (Å²) in [6, 6.07) is 10.7. The van der Waals surface area contributed by atoms with Gasteiger partial charge in [-0.15, -0.1) is 0 Å². The number of benzene rings is 1. The minimum Gasteiger partial charge on any atom is -0.496 e. The van der Waals surface area contributed by atoms with Crippen LogP contribution in [0.5, 0.6) is 5.75 Å². The lowest BCUT2D eigenvalue weighted by atomic mass is 10.2. The van der Waals surface area contributed by atoms with Crippen molar-refractivity contribution in [1.29, 1.82) is 0 Å². The van der Waals surface area contributed by atoms with E-state index >= 15 is 0 Å². The van der Waals surface area contributed by atoms with Crippen molar-refractivity contribution in [3.05, 3.63) is 59.9 Å². The molecule has 22 heavy (non-hydrogen) atoms. The number of rotatable bonds is 6. The molecule has 2 rings (SSSR count). The fraction of sp³-hybridized carbons (Fsp3) is 0.188. The second-order valence-electron chi connectivity index (χ2n) is 4.51. The molecular weight excluding hydrogens is 282 g/mol. The molecule has 0 bridgehead atoms. The van der Waals surface area contributed by atoms with Crippen LogP contribution in [0.2, 0.25) is 0 Å². The highest BCUT2D eigenvalue weighted by Crippen LogP contribution is 2.16. The van der Waals surface area contributed by atoms with E-state index in [9.17, 15) is 9.59 Å². The Bertz CT molecular complexity index is 644. The van der Waals surface area contributed by atoms with Crippen LogP contribution in [0.3, 0.4) is 0 Å². The first-order chi connectivity index (χ1) is 10.7. The predicted molar refractivity (Wildman–Crippen MR) is 81.4 cm³/mol. The fourth-order valence-electron chi connectivity index (χ4n) is 1.87. The molecule has 0 aliphatic carbocycles. The first-order valence-corrected chi connectivity index (χ1v) is 6.77. The number of carbonyl (C=O) groups excluding carboxylic acids is 2. The molecule has 6 nitrogen and oxygen atoms in total. The molecule has 0 fully saturated rings. The minimum atomic E-state index is -0.333. The number of pyridine rings is 1. The van der Waals surface area contributed by atoms with Crippen LogP contribution in [0.15, 0.2) is 48.8 Å². The van der Waals surface area contributed by atoms with Gasteiger partial charge in [-0.25, -0.2) is 0 Å². The van der Waals surface area contributed by atoms with E-state index < -0.39 is 0 Å². The van der Waals surface area contributed by atoms with Crippen LogP contribution in [0, 0.1) is 0 Å². The van der Waals surface area contributed by atoms with Gasteiger partial charge in [-0.3, -0.25) is 14.6 Å². The molecule has 1 heterocycles. The molecule has 1 aromatic carbocycles. The molecule has 0 saturated heterocycles. The number of amides is 2. The van der Waals surface area contributed by atoms with Gasteiger partial charge in [0.05, 0.1) is 19.2 Å². The van der Waals surface area contributed by atoms with Crippen LogP contribution in [0.4, 0.5) is 0 Å². The van der Waals surface area contributed by atoms with E-state index in [4.69, 9.17) is 4.74 Å². The highest BCUT2D eigenvalue weighted by molar-refractivity contribution is 5.96. The molecule has 0 aliphatic heterocycles. The molecule has 0 aliphatic rings. The first kappa shape index (κ1) is 15.5. The van der Waals surface area contributed by atoms with E-state index in [1.54, 1.807) is 25.4 Å². The maximum Gasteiger partial charge on any atom is 0.253 e. The Morgan fingerprint density at radius 1 is 1.14 bits per heavy atom. The second-order valence-corrected chi connectivity index (χ2v) is 4.51. The number of hydrogen-bond acceptors (Lipinski definition) is 4. The van der Waals surface area contributed by atoms with Crippen molar-refractivity contribution in [2.24, 2.45) is 0 Å². The molecule has 0 unspecified atom stereocenters. The highest BCUT2D eigenvalue weighted by Gasteiger charge is 2.08. The van der Waals surface area contributed by atoms with Crippen molar-refractivity contribution in [1.82, 2.24) is 15.6 Å². The number of carbonyl (C=O) groups is 2. The lowest BCUT2D eigenvalue weighted by Gasteiger charge is -2.10. The van der Waals surface area contributed by atoms with Crippen LogP contribution < -0.4 is 15.4 Å². The van der Waals surface area contributed by atoms with Gasteiger partial charge in [0.15, 0.2) is 0 Å². The van der Waals surface area contributed by atoms with Crippen molar-refractivity contribution < 1.29 is 14.3 Å². The van der Waals surface area contributed by atoms with Gasteiger partial charge in [-0.2, -0.15) is 0 Å². The number of ether oxygens (including phenoxy) is 1. The zero-order chi connectivity index (χ0) is 15.8. The van der Waals surface area contributed by atoms with Gasteiger partial charge in [0.2, 0.25) is 5.91 Å². The van der Waals surface area contributed by atoms with E-state index in [0.717, 1.165) is 5.56 Å². The summed E-state index contributed by atoms with van der Waals surface area (Å²) in [5, 5.41) is 5.27. The zero-order valence-electron chi connectivity index (χ0n) is 12.2. The second kappa shape index (κ2) is 7.78. The molecule has 2 N–H and O–H groups in total. The number of hydrogen-bond donors (Lipinski definition) is 2. The third kappa shape index (κ3) is 4.31. The fourth-order valence-corrected chi connectivity index (χ4v) is 1.87. The number of methoxy groups -OCH3 is 1. The van der Waals surface area contributed by atoms with Gasteiger partial charge in [0, 0.05) is 24.5 Å². The molecule has 0 saturated carbocycles. The number of nitrogens with zero attached hydrogens (tertiary/aromatic N) is 1. The summed E-state index contributed by atoms with van der Waals surface area (Å²) in [7, 11) is 1.58. The van der Waals surface area contributed by atoms with Crippen molar-refractivity contribution >= 4 is 11.8 Å². The molecule has 1 aromatic heterocycles.